The number of hydrogen-bond donors (Lipinski definition) is 2. The minimum Gasteiger partial charge on any atom is -0.444 e. The van der Waals surface area contributed by atoms with Crippen LogP contribution >= 0.6 is 0 Å². The maximum Gasteiger partial charge on any atom is 0.408 e. The largest absolute Gasteiger partial charge is 0.444 e. The van der Waals surface area contributed by atoms with Crippen molar-refractivity contribution >= 4 is 23.6 Å². The number of amides is 3. The van der Waals surface area contributed by atoms with Crippen LogP contribution in [0.4, 0.5) is 10.5 Å². The number of ether oxygens (including phenoxy) is 1. The average Bonchev–Trinajstić information content (AvgIpc) is 2.90. The number of anilines is 1. The summed E-state index contributed by atoms with van der Waals surface area (Å²) in [6.07, 6.45) is 3.99. The average molecular weight is 566 g/mol. The maximum atomic E-state index is 14.4. The second-order valence-corrected chi connectivity index (χ2v) is 12.2. The molecule has 2 aromatic rings. The highest BCUT2D eigenvalue weighted by Gasteiger charge is 2.37. The van der Waals surface area contributed by atoms with Crippen LogP contribution in [-0.4, -0.2) is 41.0 Å². The van der Waals surface area contributed by atoms with Gasteiger partial charge in [0, 0.05) is 12.2 Å². The molecule has 0 aromatic heterocycles. The first-order chi connectivity index (χ1) is 19.3. The van der Waals surface area contributed by atoms with E-state index in [1.165, 1.54) is 0 Å². The molecular formula is C34H51N3O4. The van der Waals surface area contributed by atoms with Gasteiger partial charge in [-0.2, -0.15) is 0 Å². The molecule has 0 aliphatic carbocycles. The highest BCUT2D eigenvalue weighted by Crippen LogP contribution is 2.28. The summed E-state index contributed by atoms with van der Waals surface area (Å²) in [4.78, 5) is 43.0. The van der Waals surface area contributed by atoms with E-state index >= 15 is 0 Å². The monoisotopic (exact) mass is 565 g/mol. The molecule has 7 nitrogen and oxygen atoms in total. The Balaban J connectivity index is 2.58. The van der Waals surface area contributed by atoms with Crippen LogP contribution in [0.2, 0.25) is 0 Å². The van der Waals surface area contributed by atoms with Crippen molar-refractivity contribution in [2.24, 2.45) is 5.92 Å². The number of nitrogens with zero attached hydrogens (tertiary/aromatic N) is 1. The molecule has 7 heteroatoms. The fraction of sp³-hybridized carbons (Fsp3) is 0.559. The molecule has 0 aliphatic heterocycles. The number of alkyl carbamates (subject to hydrolysis) is 1. The summed E-state index contributed by atoms with van der Waals surface area (Å²) in [6.45, 7) is 17.7. The zero-order chi connectivity index (χ0) is 30.7. The molecule has 2 rings (SSSR count). The van der Waals surface area contributed by atoms with E-state index in [0.29, 0.717) is 6.54 Å². The quantitative estimate of drug-likeness (QED) is 0.246. The van der Waals surface area contributed by atoms with Crippen molar-refractivity contribution in [1.82, 2.24) is 10.2 Å². The second kappa shape index (κ2) is 15.6. The number of rotatable bonds is 13. The number of carbonyl (C=O) groups excluding carboxylic acids is 3. The second-order valence-electron chi connectivity index (χ2n) is 12.2. The standard InChI is InChI=1S/C34H51N3O4/c1-10-12-13-14-22-37(32(39)28(23(3)4)36-33(40)41-34(7,8)9)30(27-20-18-26(11-2)19-21-27)31(38)35-29-24(5)16-15-17-25(29)6/h15-21,23,28,30H,10-14,22H2,1-9H3,(H,35,38)(H,36,40). The summed E-state index contributed by atoms with van der Waals surface area (Å²) in [5, 5.41) is 5.94. The molecule has 2 unspecified atom stereocenters. The first kappa shape index (κ1) is 33.9. The van der Waals surface area contributed by atoms with Crippen LogP contribution in [0.25, 0.3) is 0 Å². The SMILES string of the molecule is CCCCCCN(C(=O)C(NC(=O)OC(C)(C)C)C(C)C)C(C(=O)Nc1c(C)cccc1C)c1ccc(CC)cc1. The van der Waals surface area contributed by atoms with Crippen molar-refractivity contribution in [3.63, 3.8) is 0 Å². The molecule has 0 bridgehead atoms. The Morgan fingerprint density at radius 3 is 2.02 bits per heavy atom. The lowest BCUT2D eigenvalue weighted by atomic mass is 9.97. The molecule has 2 atom stereocenters. The molecular weight excluding hydrogens is 514 g/mol. The van der Waals surface area contributed by atoms with Crippen LogP contribution in [0.1, 0.15) is 102 Å². The summed E-state index contributed by atoms with van der Waals surface area (Å²) in [5.41, 5.74) is 3.82. The highest BCUT2D eigenvalue weighted by atomic mass is 16.6. The van der Waals surface area contributed by atoms with E-state index in [4.69, 9.17) is 4.74 Å². The summed E-state index contributed by atoms with van der Waals surface area (Å²) in [5.74, 6) is -0.809. The number of aryl methyl sites for hydroxylation is 3. The van der Waals surface area contributed by atoms with Gasteiger partial charge in [0.15, 0.2) is 0 Å². The molecule has 2 N–H and O–H groups in total. The van der Waals surface area contributed by atoms with Crippen molar-refractivity contribution in [1.29, 1.82) is 0 Å². The van der Waals surface area contributed by atoms with Gasteiger partial charge < -0.3 is 20.3 Å². The molecule has 0 fully saturated rings. The summed E-state index contributed by atoms with van der Waals surface area (Å²) >= 11 is 0. The normalized spacial score (nSPS) is 12.9. The number of unbranched alkanes of at least 4 members (excludes halogenated alkanes) is 3. The van der Waals surface area contributed by atoms with E-state index in [-0.39, 0.29) is 17.7 Å². The highest BCUT2D eigenvalue weighted by molar-refractivity contribution is 6.00. The van der Waals surface area contributed by atoms with Crippen LogP contribution in [-0.2, 0) is 20.7 Å². The molecule has 3 amide bonds. The molecule has 0 aliphatic rings. The summed E-state index contributed by atoms with van der Waals surface area (Å²) in [6, 6.07) is 12.0. The molecule has 0 saturated heterocycles. The third-order valence-corrected chi connectivity index (χ3v) is 7.13. The Labute approximate surface area is 247 Å². The molecule has 0 saturated carbocycles. The van der Waals surface area contributed by atoms with Crippen molar-refractivity contribution in [2.75, 3.05) is 11.9 Å². The fourth-order valence-electron chi connectivity index (χ4n) is 4.81. The Morgan fingerprint density at radius 1 is 0.902 bits per heavy atom. The van der Waals surface area contributed by atoms with Gasteiger partial charge in [-0.25, -0.2) is 4.79 Å². The summed E-state index contributed by atoms with van der Waals surface area (Å²) in [7, 11) is 0. The van der Waals surface area contributed by atoms with E-state index < -0.39 is 23.8 Å². The number of nitrogens with one attached hydrogen (secondary N) is 2. The lowest BCUT2D eigenvalue weighted by Crippen LogP contribution is -2.54. The Hall–Kier alpha value is -3.35. The third-order valence-electron chi connectivity index (χ3n) is 7.13. The van der Waals surface area contributed by atoms with Gasteiger partial charge in [0.25, 0.3) is 5.91 Å². The van der Waals surface area contributed by atoms with Gasteiger partial charge in [0.05, 0.1) is 0 Å². The Bertz CT molecular complexity index is 1130. The van der Waals surface area contributed by atoms with Gasteiger partial charge in [-0.05, 0) is 75.6 Å². The van der Waals surface area contributed by atoms with E-state index in [0.717, 1.165) is 60.0 Å². The minimum atomic E-state index is -0.879. The third kappa shape index (κ3) is 10.2. The minimum absolute atomic E-state index is 0.224. The topological polar surface area (TPSA) is 87.7 Å². The van der Waals surface area contributed by atoms with Crippen molar-refractivity contribution in [3.8, 4) is 0 Å². The van der Waals surface area contributed by atoms with Crippen LogP contribution in [0.15, 0.2) is 42.5 Å². The zero-order valence-corrected chi connectivity index (χ0v) is 26.6. The number of para-hydroxylation sites is 1. The fourth-order valence-corrected chi connectivity index (χ4v) is 4.81. The first-order valence-corrected chi connectivity index (χ1v) is 15.0. The van der Waals surface area contributed by atoms with E-state index in [2.05, 4.69) is 24.5 Å². The molecule has 226 valence electrons. The Morgan fingerprint density at radius 2 is 1.51 bits per heavy atom. The van der Waals surface area contributed by atoms with E-state index in [1.807, 2.05) is 70.2 Å². The lowest BCUT2D eigenvalue weighted by molar-refractivity contribution is -0.141. The van der Waals surface area contributed by atoms with Gasteiger partial charge in [-0.15, -0.1) is 0 Å². The van der Waals surface area contributed by atoms with Gasteiger partial charge in [-0.1, -0.05) is 89.4 Å². The maximum absolute atomic E-state index is 14.4. The molecule has 2 aromatic carbocycles. The number of carbonyl (C=O) groups is 3. The number of hydrogen-bond acceptors (Lipinski definition) is 4. The lowest BCUT2D eigenvalue weighted by Gasteiger charge is -2.36. The predicted octanol–water partition coefficient (Wildman–Crippen LogP) is 7.50. The van der Waals surface area contributed by atoms with Gasteiger partial charge in [0.2, 0.25) is 5.91 Å². The Kier molecular flexibility index (Phi) is 12.9. The molecule has 0 heterocycles. The van der Waals surface area contributed by atoms with Crippen LogP contribution in [0.5, 0.6) is 0 Å². The first-order valence-electron chi connectivity index (χ1n) is 15.0. The van der Waals surface area contributed by atoms with Gasteiger partial charge >= 0.3 is 6.09 Å². The van der Waals surface area contributed by atoms with Crippen molar-refractivity contribution in [2.45, 2.75) is 112 Å². The molecule has 0 radical (unpaired) electrons. The smallest absolute Gasteiger partial charge is 0.408 e. The van der Waals surface area contributed by atoms with E-state index in [9.17, 15) is 14.4 Å². The van der Waals surface area contributed by atoms with Crippen LogP contribution in [0.3, 0.4) is 0 Å². The zero-order valence-electron chi connectivity index (χ0n) is 26.6. The van der Waals surface area contributed by atoms with Crippen molar-refractivity contribution < 1.29 is 19.1 Å². The van der Waals surface area contributed by atoms with E-state index in [1.54, 1.807) is 25.7 Å². The summed E-state index contributed by atoms with van der Waals surface area (Å²) < 4.78 is 5.48. The van der Waals surface area contributed by atoms with Crippen LogP contribution in [0, 0.1) is 19.8 Å². The predicted molar refractivity (Wildman–Crippen MR) is 167 cm³/mol. The molecule has 41 heavy (non-hydrogen) atoms. The number of benzene rings is 2. The molecule has 0 spiro atoms. The van der Waals surface area contributed by atoms with Gasteiger partial charge in [-0.3, -0.25) is 9.59 Å². The van der Waals surface area contributed by atoms with Crippen LogP contribution < -0.4 is 10.6 Å². The van der Waals surface area contributed by atoms with Gasteiger partial charge in [0.1, 0.15) is 17.7 Å². The van der Waals surface area contributed by atoms with Crippen molar-refractivity contribution in [3.05, 3.63) is 64.7 Å².